The molecule has 10 nitrogen and oxygen atoms in total. The highest BCUT2D eigenvalue weighted by molar-refractivity contribution is 7.92. The van der Waals surface area contributed by atoms with E-state index in [0.29, 0.717) is 24.3 Å². The lowest BCUT2D eigenvalue weighted by Gasteiger charge is -2.19. The van der Waals surface area contributed by atoms with Gasteiger partial charge in [0, 0.05) is 24.3 Å². The first kappa shape index (κ1) is 23.6. The first-order valence-electron chi connectivity index (χ1n) is 10.9. The topological polar surface area (TPSA) is 134 Å². The van der Waals surface area contributed by atoms with Gasteiger partial charge in [-0.25, -0.2) is 13.2 Å². The van der Waals surface area contributed by atoms with Crippen LogP contribution in [0.25, 0.3) is 0 Å². The largest absolute Gasteiger partial charge is 0.497 e. The fourth-order valence-corrected chi connectivity index (χ4v) is 5.35. The second-order valence-corrected chi connectivity index (χ2v) is 10.0. The minimum atomic E-state index is -3.89. The molecule has 180 valence electrons. The van der Waals surface area contributed by atoms with E-state index in [0.717, 1.165) is 17.7 Å². The van der Waals surface area contributed by atoms with Gasteiger partial charge >= 0.3 is 6.03 Å². The van der Waals surface area contributed by atoms with E-state index < -0.39 is 27.5 Å². The third kappa shape index (κ3) is 4.84. The van der Waals surface area contributed by atoms with E-state index in [1.165, 1.54) is 25.3 Å². The van der Waals surface area contributed by atoms with Crippen LogP contribution in [-0.4, -0.2) is 50.4 Å². The summed E-state index contributed by atoms with van der Waals surface area (Å²) in [4.78, 5) is 38.4. The molecule has 2 aromatic carbocycles. The molecule has 0 atom stereocenters. The lowest BCUT2D eigenvalue weighted by Crippen LogP contribution is -2.44. The van der Waals surface area contributed by atoms with Gasteiger partial charge in [0.05, 0.1) is 12.0 Å². The molecule has 34 heavy (non-hydrogen) atoms. The number of amides is 4. The van der Waals surface area contributed by atoms with Crippen molar-refractivity contribution in [1.29, 1.82) is 0 Å². The van der Waals surface area contributed by atoms with Gasteiger partial charge in [-0.15, -0.1) is 0 Å². The highest BCUT2D eigenvalue weighted by Gasteiger charge is 2.52. The normalized spacial score (nSPS) is 17.0. The number of sulfonamides is 1. The standard InChI is InChI=1S/C23H26N4O6S/c1-33-18-9-7-16(8-10-18)26-34(31,32)19-6-4-5-17(15-19)24-20(28)11-14-27-21(29)23(25-22(27)30)12-2-3-13-23/h4-10,15,26H,2-3,11-14H2,1H3,(H,24,28)(H,25,30). The number of carbonyl (C=O) groups excluding carboxylic acids is 3. The first-order chi connectivity index (χ1) is 16.2. The molecule has 1 aliphatic carbocycles. The van der Waals surface area contributed by atoms with Gasteiger partial charge in [-0.05, 0) is 55.3 Å². The first-order valence-corrected chi connectivity index (χ1v) is 12.4. The summed E-state index contributed by atoms with van der Waals surface area (Å²) >= 11 is 0. The van der Waals surface area contributed by atoms with Crippen LogP contribution in [0.2, 0.25) is 0 Å². The van der Waals surface area contributed by atoms with Crippen molar-refractivity contribution < 1.29 is 27.5 Å². The van der Waals surface area contributed by atoms with Gasteiger partial charge in [0.25, 0.3) is 15.9 Å². The van der Waals surface area contributed by atoms with Crippen LogP contribution >= 0.6 is 0 Å². The van der Waals surface area contributed by atoms with E-state index in [9.17, 15) is 22.8 Å². The fourth-order valence-electron chi connectivity index (χ4n) is 4.25. The Kier molecular flexibility index (Phi) is 6.47. The lowest BCUT2D eigenvalue weighted by molar-refractivity contribution is -0.131. The quantitative estimate of drug-likeness (QED) is 0.491. The number of hydrogen-bond acceptors (Lipinski definition) is 6. The molecule has 2 aliphatic rings. The number of hydrogen-bond donors (Lipinski definition) is 3. The van der Waals surface area contributed by atoms with Crippen molar-refractivity contribution in [3.63, 3.8) is 0 Å². The van der Waals surface area contributed by atoms with E-state index in [-0.39, 0.29) is 29.5 Å². The molecule has 2 fully saturated rings. The smallest absolute Gasteiger partial charge is 0.325 e. The monoisotopic (exact) mass is 486 g/mol. The van der Waals surface area contributed by atoms with Crippen molar-refractivity contribution in [2.45, 2.75) is 42.5 Å². The lowest BCUT2D eigenvalue weighted by atomic mass is 9.98. The van der Waals surface area contributed by atoms with Crippen LogP contribution < -0.4 is 20.1 Å². The van der Waals surface area contributed by atoms with Gasteiger partial charge in [-0.3, -0.25) is 19.2 Å². The summed E-state index contributed by atoms with van der Waals surface area (Å²) in [5.74, 6) is -0.120. The third-order valence-electron chi connectivity index (χ3n) is 6.04. The number of anilines is 2. The SMILES string of the molecule is COc1ccc(NS(=O)(=O)c2cccc(NC(=O)CCN3C(=O)NC4(CCCC4)C3=O)c2)cc1. The Labute approximate surface area is 197 Å². The van der Waals surface area contributed by atoms with Crippen LogP contribution in [0.3, 0.4) is 0 Å². The molecule has 1 aliphatic heterocycles. The molecule has 0 bridgehead atoms. The predicted molar refractivity (Wildman–Crippen MR) is 125 cm³/mol. The molecule has 2 aromatic rings. The Hall–Kier alpha value is -3.60. The summed E-state index contributed by atoms with van der Waals surface area (Å²) in [6, 6.07) is 11.8. The van der Waals surface area contributed by atoms with Crippen molar-refractivity contribution in [1.82, 2.24) is 10.2 Å². The summed E-state index contributed by atoms with van der Waals surface area (Å²) in [7, 11) is -2.38. The van der Waals surface area contributed by atoms with Crippen molar-refractivity contribution in [2.75, 3.05) is 23.7 Å². The Bertz CT molecular complexity index is 1210. The number of carbonyl (C=O) groups is 3. The summed E-state index contributed by atoms with van der Waals surface area (Å²) in [6.07, 6.45) is 2.90. The molecular formula is C23H26N4O6S. The van der Waals surface area contributed by atoms with E-state index >= 15 is 0 Å². The maximum Gasteiger partial charge on any atom is 0.325 e. The highest BCUT2D eigenvalue weighted by atomic mass is 32.2. The number of imide groups is 1. The maximum absolute atomic E-state index is 12.7. The Balaban J connectivity index is 1.36. The second kappa shape index (κ2) is 9.34. The molecule has 4 amide bonds. The van der Waals surface area contributed by atoms with Crippen LogP contribution in [0.1, 0.15) is 32.1 Å². The van der Waals surface area contributed by atoms with Crippen molar-refractivity contribution in [2.24, 2.45) is 0 Å². The van der Waals surface area contributed by atoms with Crippen LogP contribution in [0.5, 0.6) is 5.75 Å². The zero-order chi connectivity index (χ0) is 24.3. The molecule has 0 radical (unpaired) electrons. The zero-order valence-electron chi connectivity index (χ0n) is 18.7. The Morgan fingerprint density at radius 1 is 1.09 bits per heavy atom. The maximum atomic E-state index is 12.7. The van der Waals surface area contributed by atoms with E-state index in [2.05, 4.69) is 15.4 Å². The summed E-state index contributed by atoms with van der Waals surface area (Å²) in [6.45, 7) is -0.0464. The predicted octanol–water partition coefficient (Wildman–Crippen LogP) is 2.69. The number of nitrogens with one attached hydrogen (secondary N) is 3. The van der Waals surface area contributed by atoms with E-state index in [1.807, 2.05) is 0 Å². The molecule has 3 N–H and O–H groups in total. The third-order valence-corrected chi connectivity index (χ3v) is 7.41. The Morgan fingerprint density at radius 2 is 1.79 bits per heavy atom. The van der Waals surface area contributed by atoms with Crippen molar-refractivity contribution in [3.05, 3.63) is 48.5 Å². The van der Waals surface area contributed by atoms with Gasteiger partial charge in [0.2, 0.25) is 5.91 Å². The molecule has 11 heteroatoms. The molecule has 1 spiro atoms. The summed E-state index contributed by atoms with van der Waals surface area (Å²) < 4.78 is 33.0. The van der Waals surface area contributed by atoms with Gasteiger partial charge < -0.3 is 15.4 Å². The van der Waals surface area contributed by atoms with Gasteiger partial charge in [-0.1, -0.05) is 18.9 Å². The van der Waals surface area contributed by atoms with Crippen LogP contribution in [-0.2, 0) is 19.6 Å². The molecule has 1 saturated carbocycles. The van der Waals surface area contributed by atoms with Crippen molar-refractivity contribution in [3.8, 4) is 5.75 Å². The molecule has 0 unspecified atom stereocenters. The van der Waals surface area contributed by atoms with Crippen molar-refractivity contribution >= 4 is 39.2 Å². The minimum Gasteiger partial charge on any atom is -0.497 e. The van der Waals surface area contributed by atoms with Crippen LogP contribution in [0, 0.1) is 0 Å². The van der Waals surface area contributed by atoms with E-state index in [1.54, 1.807) is 30.3 Å². The Morgan fingerprint density at radius 3 is 2.47 bits per heavy atom. The second-order valence-electron chi connectivity index (χ2n) is 8.34. The average molecular weight is 487 g/mol. The molecule has 0 aromatic heterocycles. The van der Waals surface area contributed by atoms with Gasteiger partial charge in [0.15, 0.2) is 0 Å². The fraction of sp³-hybridized carbons (Fsp3) is 0.348. The summed E-state index contributed by atoms with van der Waals surface area (Å²) in [5.41, 5.74) is -0.163. The van der Waals surface area contributed by atoms with Gasteiger partial charge in [0.1, 0.15) is 11.3 Å². The van der Waals surface area contributed by atoms with Gasteiger partial charge in [-0.2, -0.15) is 0 Å². The minimum absolute atomic E-state index is 0.0293. The molecule has 1 saturated heterocycles. The summed E-state index contributed by atoms with van der Waals surface area (Å²) in [5, 5.41) is 5.41. The number of methoxy groups -OCH3 is 1. The molecular weight excluding hydrogens is 460 g/mol. The number of benzene rings is 2. The number of urea groups is 1. The van der Waals surface area contributed by atoms with E-state index in [4.69, 9.17) is 4.74 Å². The molecule has 1 heterocycles. The highest BCUT2D eigenvalue weighted by Crippen LogP contribution is 2.35. The number of ether oxygens (including phenoxy) is 1. The van der Waals surface area contributed by atoms with Crippen LogP contribution in [0.15, 0.2) is 53.4 Å². The van der Waals surface area contributed by atoms with Crippen LogP contribution in [0.4, 0.5) is 16.2 Å². The average Bonchev–Trinajstić information content (AvgIpc) is 3.37. The number of nitrogens with zero attached hydrogens (tertiary/aromatic N) is 1. The number of rotatable bonds is 8. The molecule has 4 rings (SSSR count). The zero-order valence-corrected chi connectivity index (χ0v) is 19.5.